The molecule has 3 aliphatic rings. The van der Waals surface area contributed by atoms with Gasteiger partial charge in [-0.3, -0.25) is 4.79 Å². The first kappa shape index (κ1) is 14.9. The number of methoxy groups -OCH3 is 1. The van der Waals surface area contributed by atoms with Gasteiger partial charge in [-0.1, -0.05) is 11.6 Å². The number of nitrogens with two attached hydrogens (primary N) is 1. The van der Waals surface area contributed by atoms with Crippen LogP contribution in [0.3, 0.4) is 0 Å². The van der Waals surface area contributed by atoms with E-state index in [1.54, 1.807) is 14.0 Å². The van der Waals surface area contributed by atoms with Crippen molar-refractivity contribution in [2.75, 3.05) is 7.11 Å². The monoisotopic (exact) mass is 311 g/mol. The standard InChI is InChI=1S/C20H25NO2/c1-11(22)14-7-8-15-16-6-4-12-3-5-13(23-2)9-17(12)20(16)19(21)10-18(14)15/h3,5,9,15-16,19-20H,4,6-8,10,21H2,1-2H3/t15-,16-,19-,20-/m0/s1. The van der Waals surface area contributed by atoms with Crippen LogP contribution in [0.25, 0.3) is 0 Å². The predicted octanol–water partition coefficient (Wildman–Crippen LogP) is 3.37. The normalized spacial score (nSPS) is 32.1. The van der Waals surface area contributed by atoms with Gasteiger partial charge in [0.25, 0.3) is 0 Å². The van der Waals surface area contributed by atoms with E-state index in [9.17, 15) is 4.79 Å². The molecule has 1 aromatic rings. The van der Waals surface area contributed by atoms with Crippen LogP contribution in [0.4, 0.5) is 0 Å². The first-order chi connectivity index (χ1) is 11.1. The molecule has 1 fully saturated rings. The second-order valence-corrected chi connectivity index (χ2v) is 7.37. The minimum Gasteiger partial charge on any atom is -0.497 e. The van der Waals surface area contributed by atoms with Crippen molar-refractivity contribution in [3.05, 3.63) is 40.5 Å². The minimum atomic E-state index is 0.116. The fourth-order valence-corrected chi connectivity index (χ4v) is 5.36. The summed E-state index contributed by atoms with van der Waals surface area (Å²) < 4.78 is 5.44. The molecule has 23 heavy (non-hydrogen) atoms. The maximum absolute atomic E-state index is 11.9. The maximum atomic E-state index is 11.9. The van der Waals surface area contributed by atoms with Crippen LogP contribution in [-0.2, 0) is 11.2 Å². The summed E-state index contributed by atoms with van der Waals surface area (Å²) in [6, 6.07) is 6.58. The Kier molecular flexibility index (Phi) is 3.56. The minimum absolute atomic E-state index is 0.116. The van der Waals surface area contributed by atoms with Crippen molar-refractivity contribution in [2.24, 2.45) is 17.6 Å². The molecule has 0 heterocycles. The fourth-order valence-electron chi connectivity index (χ4n) is 5.36. The van der Waals surface area contributed by atoms with Crippen molar-refractivity contribution < 1.29 is 9.53 Å². The Morgan fingerprint density at radius 2 is 2.09 bits per heavy atom. The number of carbonyl (C=O) groups excluding carboxylic acids is 1. The number of fused-ring (bicyclic) bond motifs is 5. The van der Waals surface area contributed by atoms with E-state index < -0.39 is 0 Å². The van der Waals surface area contributed by atoms with E-state index in [-0.39, 0.29) is 11.8 Å². The lowest BCUT2D eigenvalue weighted by Crippen LogP contribution is -2.44. The first-order valence-electron chi connectivity index (χ1n) is 8.75. The van der Waals surface area contributed by atoms with Crippen LogP contribution >= 0.6 is 0 Å². The first-order valence-corrected chi connectivity index (χ1v) is 8.75. The third kappa shape index (κ3) is 2.25. The number of carbonyl (C=O) groups is 1. The molecule has 0 saturated heterocycles. The predicted molar refractivity (Wildman–Crippen MR) is 90.6 cm³/mol. The van der Waals surface area contributed by atoms with Crippen molar-refractivity contribution in [3.8, 4) is 5.75 Å². The van der Waals surface area contributed by atoms with Gasteiger partial charge in [0.1, 0.15) is 5.75 Å². The number of allylic oxidation sites excluding steroid dienone is 1. The Bertz CT molecular complexity index is 691. The number of rotatable bonds is 2. The molecule has 0 amide bonds. The lowest BCUT2D eigenvalue weighted by atomic mass is 9.60. The van der Waals surface area contributed by atoms with E-state index in [0.29, 0.717) is 17.8 Å². The molecular weight excluding hydrogens is 286 g/mol. The lowest BCUT2D eigenvalue weighted by molar-refractivity contribution is -0.113. The molecule has 1 aromatic carbocycles. The quantitative estimate of drug-likeness (QED) is 0.911. The molecular formula is C20H25NO2. The number of hydrogen-bond acceptors (Lipinski definition) is 3. The van der Waals surface area contributed by atoms with Gasteiger partial charge in [-0.15, -0.1) is 0 Å². The SMILES string of the molecule is COc1ccc2c(c1)[C@@H]1[C@@H](CC2)[C@@H]2CCC(C(C)=O)=C2C[C@@H]1N. The van der Waals surface area contributed by atoms with Gasteiger partial charge < -0.3 is 10.5 Å². The third-order valence-electron chi connectivity index (χ3n) is 6.32. The highest BCUT2D eigenvalue weighted by Gasteiger charge is 2.46. The van der Waals surface area contributed by atoms with Gasteiger partial charge in [0, 0.05) is 12.0 Å². The summed E-state index contributed by atoms with van der Waals surface area (Å²) in [5.74, 6) is 2.75. The number of benzene rings is 1. The second kappa shape index (κ2) is 5.48. The van der Waals surface area contributed by atoms with E-state index in [0.717, 1.165) is 37.0 Å². The topological polar surface area (TPSA) is 52.3 Å². The average Bonchev–Trinajstić information content (AvgIpc) is 2.97. The number of hydrogen-bond donors (Lipinski definition) is 1. The van der Waals surface area contributed by atoms with Crippen molar-refractivity contribution in [1.29, 1.82) is 0 Å². The molecule has 0 unspecified atom stereocenters. The molecule has 0 spiro atoms. The molecule has 0 aromatic heterocycles. The zero-order valence-electron chi connectivity index (χ0n) is 14.0. The van der Waals surface area contributed by atoms with Gasteiger partial charge in [-0.05, 0) is 79.7 Å². The van der Waals surface area contributed by atoms with Crippen molar-refractivity contribution in [2.45, 2.75) is 51.0 Å². The molecule has 0 radical (unpaired) electrons. The van der Waals surface area contributed by atoms with Gasteiger partial charge >= 0.3 is 0 Å². The van der Waals surface area contributed by atoms with Crippen LogP contribution in [0.2, 0.25) is 0 Å². The zero-order chi connectivity index (χ0) is 16.1. The Hall–Kier alpha value is -1.61. The summed E-state index contributed by atoms with van der Waals surface area (Å²) in [6.45, 7) is 1.71. The molecule has 4 rings (SSSR count). The van der Waals surface area contributed by atoms with E-state index >= 15 is 0 Å². The molecule has 3 nitrogen and oxygen atoms in total. The lowest BCUT2D eigenvalue weighted by Gasteiger charge is -2.46. The number of ketones is 1. The van der Waals surface area contributed by atoms with Gasteiger partial charge in [0.2, 0.25) is 0 Å². The summed E-state index contributed by atoms with van der Waals surface area (Å²) in [6.07, 6.45) is 5.29. The highest BCUT2D eigenvalue weighted by Crippen LogP contribution is 2.54. The summed E-state index contributed by atoms with van der Waals surface area (Å²) in [5, 5.41) is 0. The van der Waals surface area contributed by atoms with Crippen LogP contribution in [-0.4, -0.2) is 18.9 Å². The third-order valence-corrected chi connectivity index (χ3v) is 6.32. The van der Waals surface area contributed by atoms with Crippen molar-refractivity contribution in [1.82, 2.24) is 0 Å². The zero-order valence-corrected chi connectivity index (χ0v) is 14.0. The largest absolute Gasteiger partial charge is 0.497 e. The van der Waals surface area contributed by atoms with Crippen LogP contribution in [0.5, 0.6) is 5.75 Å². The van der Waals surface area contributed by atoms with Crippen molar-refractivity contribution in [3.63, 3.8) is 0 Å². The molecule has 0 aliphatic heterocycles. The maximum Gasteiger partial charge on any atom is 0.155 e. The Balaban J connectivity index is 1.76. The summed E-state index contributed by atoms with van der Waals surface area (Å²) in [4.78, 5) is 11.9. The van der Waals surface area contributed by atoms with Crippen LogP contribution in [0.15, 0.2) is 29.3 Å². The van der Waals surface area contributed by atoms with E-state index in [4.69, 9.17) is 10.5 Å². The summed E-state index contributed by atoms with van der Waals surface area (Å²) in [7, 11) is 1.72. The Morgan fingerprint density at radius 1 is 1.26 bits per heavy atom. The van der Waals surface area contributed by atoms with Gasteiger partial charge in [-0.2, -0.15) is 0 Å². The second-order valence-electron chi connectivity index (χ2n) is 7.37. The summed E-state index contributed by atoms with van der Waals surface area (Å²) in [5.41, 5.74) is 11.9. The molecule has 0 bridgehead atoms. The van der Waals surface area contributed by atoms with Gasteiger partial charge in [-0.25, -0.2) is 0 Å². The highest BCUT2D eigenvalue weighted by molar-refractivity contribution is 5.94. The van der Waals surface area contributed by atoms with Crippen LogP contribution in [0.1, 0.15) is 49.7 Å². The number of ether oxygens (including phenoxy) is 1. The number of Topliss-reactive ketones (excluding diaryl/α,β-unsaturated/α-hetero) is 1. The molecule has 122 valence electrons. The molecule has 2 N–H and O–H groups in total. The van der Waals surface area contributed by atoms with E-state index in [1.165, 1.54) is 23.1 Å². The fraction of sp³-hybridized carbons (Fsp3) is 0.550. The van der Waals surface area contributed by atoms with E-state index in [2.05, 4.69) is 18.2 Å². The van der Waals surface area contributed by atoms with Gasteiger partial charge in [0.15, 0.2) is 5.78 Å². The summed E-state index contributed by atoms with van der Waals surface area (Å²) >= 11 is 0. The molecule has 3 aliphatic carbocycles. The van der Waals surface area contributed by atoms with Crippen LogP contribution < -0.4 is 10.5 Å². The Labute approximate surface area is 137 Å². The molecule has 1 saturated carbocycles. The Morgan fingerprint density at radius 3 is 2.83 bits per heavy atom. The van der Waals surface area contributed by atoms with E-state index in [1.807, 2.05) is 0 Å². The highest BCUT2D eigenvalue weighted by atomic mass is 16.5. The van der Waals surface area contributed by atoms with Gasteiger partial charge in [0.05, 0.1) is 7.11 Å². The molecule has 4 atom stereocenters. The van der Waals surface area contributed by atoms with Crippen LogP contribution in [0, 0.1) is 11.8 Å². The average molecular weight is 311 g/mol. The van der Waals surface area contributed by atoms with Crippen molar-refractivity contribution >= 4 is 5.78 Å². The molecule has 3 heteroatoms. The number of aryl methyl sites for hydroxylation is 1. The smallest absolute Gasteiger partial charge is 0.155 e.